The largest absolute Gasteiger partial charge is 0.349 e. The molecule has 0 saturated carbocycles. The maximum atomic E-state index is 12.3. The van der Waals surface area contributed by atoms with Crippen molar-refractivity contribution in [2.75, 3.05) is 6.54 Å². The Balaban J connectivity index is 1.92. The molecule has 1 aliphatic rings. The van der Waals surface area contributed by atoms with Crippen LogP contribution in [0.5, 0.6) is 0 Å². The van der Waals surface area contributed by atoms with Crippen LogP contribution in [0.4, 0.5) is 0 Å². The van der Waals surface area contributed by atoms with Crippen LogP contribution in [0.2, 0.25) is 0 Å². The smallest absolute Gasteiger partial charge is 0.269 e. The summed E-state index contributed by atoms with van der Waals surface area (Å²) in [7, 11) is 0. The molecule has 2 heterocycles. The predicted octanol–water partition coefficient (Wildman–Crippen LogP) is 1.73. The summed E-state index contributed by atoms with van der Waals surface area (Å²) < 4.78 is 1.78. The maximum absolute atomic E-state index is 12.3. The fourth-order valence-corrected chi connectivity index (χ4v) is 2.77. The minimum Gasteiger partial charge on any atom is -0.349 e. The highest BCUT2D eigenvalue weighted by Gasteiger charge is 2.19. The van der Waals surface area contributed by atoms with Gasteiger partial charge in [-0.1, -0.05) is 13.3 Å². The highest BCUT2D eigenvalue weighted by atomic mass is 16.2. The first-order valence-electron chi connectivity index (χ1n) is 7.75. The summed E-state index contributed by atoms with van der Waals surface area (Å²) in [4.78, 5) is 12.3. The van der Waals surface area contributed by atoms with Crippen LogP contribution in [0.3, 0.4) is 0 Å². The van der Waals surface area contributed by atoms with Gasteiger partial charge in [-0.3, -0.25) is 9.48 Å². The lowest BCUT2D eigenvalue weighted by molar-refractivity contribution is 0.0935. The van der Waals surface area contributed by atoms with Gasteiger partial charge in [0.2, 0.25) is 0 Å². The van der Waals surface area contributed by atoms with E-state index < -0.39 is 0 Å². The Morgan fingerprint density at radius 2 is 2.30 bits per heavy atom. The number of nitrogens with zero attached hydrogens (tertiary/aromatic N) is 2. The van der Waals surface area contributed by atoms with Crippen molar-refractivity contribution in [3.63, 3.8) is 0 Å². The average Bonchev–Trinajstić information content (AvgIpc) is 2.88. The third-order valence-corrected chi connectivity index (χ3v) is 3.94. The molecule has 1 aromatic rings. The van der Waals surface area contributed by atoms with Gasteiger partial charge in [-0.15, -0.1) is 0 Å². The van der Waals surface area contributed by atoms with E-state index in [0.717, 1.165) is 25.1 Å². The molecule has 2 atom stereocenters. The summed E-state index contributed by atoms with van der Waals surface area (Å²) in [5, 5.41) is 11.0. The highest BCUT2D eigenvalue weighted by Crippen LogP contribution is 2.12. The van der Waals surface area contributed by atoms with Crippen molar-refractivity contribution in [3.05, 3.63) is 17.5 Å². The van der Waals surface area contributed by atoms with E-state index in [-0.39, 0.29) is 5.91 Å². The van der Waals surface area contributed by atoms with Gasteiger partial charge in [0.05, 0.1) is 5.69 Å². The second-order valence-corrected chi connectivity index (χ2v) is 5.60. The van der Waals surface area contributed by atoms with E-state index in [2.05, 4.69) is 29.6 Å². The summed E-state index contributed by atoms with van der Waals surface area (Å²) in [6.45, 7) is 7.68. The van der Waals surface area contributed by atoms with Crippen molar-refractivity contribution in [1.82, 2.24) is 20.4 Å². The van der Waals surface area contributed by atoms with Gasteiger partial charge >= 0.3 is 0 Å². The van der Waals surface area contributed by atoms with Gasteiger partial charge in [-0.05, 0) is 39.2 Å². The van der Waals surface area contributed by atoms with Gasteiger partial charge in [0.25, 0.3) is 5.91 Å². The Bertz CT molecular complexity index is 455. The van der Waals surface area contributed by atoms with Crippen LogP contribution in [-0.4, -0.2) is 34.3 Å². The monoisotopic (exact) mass is 278 g/mol. The van der Waals surface area contributed by atoms with E-state index in [9.17, 15) is 4.79 Å². The molecule has 5 nitrogen and oxygen atoms in total. The summed E-state index contributed by atoms with van der Waals surface area (Å²) in [5.74, 6) is -0.0147. The number of piperidine rings is 1. The van der Waals surface area contributed by atoms with Crippen molar-refractivity contribution >= 4 is 5.91 Å². The van der Waals surface area contributed by atoms with E-state index in [0.29, 0.717) is 24.3 Å². The zero-order valence-corrected chi connectivity index (χ0v) is 12.8. The van der Waals surface area contributed by atoms with Crippen LogP contribution >= 0.6 is 0 Å². The molecule has 0 bridgehead atoms. The number of aryl methyl sites for hydroxylation is 2. The highest BCUT2D eigenvalue weighted by molar-refractivity contribution is 5.92. The molecular formula is C15H26N4O. The lowest BCUT2D eigenvalue weighted by atomic mass is 10.00. The number of aromatic nitrogens is 2. The molecule has 0 spiro atoms. The molecule has 1 saturated heterocycles. The van der Waals surface area contributed by atoms with Crippen molar-refractivity contribution < 1.29 is 4.79 Å². The van der Waals surface area contributed by atoms with Gasteiger partial charge in [0.15, 0.2) is 0 Å². The van der Waals surface area contributed by atoms with Gasteiger partial charge in [-0.2, -0.15) is 5.10 Å². The number of carbonyl (C=O) groups excluding carboxylic acids is 1. The molecule has 2 unspecified atom stereocenters. The van der Waals surface area contributed by atoms with Crippen LogP contribution < -0.4 is 10.6 Å². The molecule has 1 aliphatic heterocycles. The fraction of sp³-hybridized carbons (Fsp3) is 0.733. The number of carbonyl (C=O) groups is 1. The molecule has 1 aromatic heterocycles. The predicted molar refractivity (Wildman–Crippen MR) is 79.8 cm³/mol. The summed E-state index contributed by atoms with van der Waals surface area (Å²) in [5.41, 5.74) is 1.65. The SMILES string of the molecule is CCc1cc(C(=O)NCC2CCCC(C)N2)n(CC)n1. The summed E-state index contributed by atoms with van der Waals surface area (Å²) >= 11 is 0. The van der Waals surface area contributed by atoms with Gasteiger partial charge in [0, 0.05) is 25.2 Å². The summed E-state index contributed by atoms with van der Waals surface area (Å²) in [6.07, 6.45) is 4.46. The second kappa shape index (κ2) is 6.88. The number of nitrogens with one attached hydrogen (secondary N) is 2. The summed E-state index contributed by atoms with van der Waals surface area (Å²) in [6, 6.07) is 2.85. The van der Waals surface area contributed by atoms with Crippen LogP contribution in [-0.2, 0) is 13.0 Å². The van der Waals surface area contributed by atoms with Gasteiger partial charge in [-0.25, -0.2) is 0 Å². The van der Waals surface area contributed by atoms with Crippen molar-refractivity contribution in [2.45, 2.75) is 65.1 Å². The van der Waals surface area contributed by atoms with E-state index in [1.807, 2.05) is 13.0 Å². The van der Waals surface area contributed by atoms with Gasteiger partial charge < -0.3 is 10.6 Å². The fourth-order valence-electron chi connectivity index (χ4n) is 2.77. The van der Waals surface area contributed by atoms with E-state index in [4.69, 9.17) is 0 Å². The lowest BCUT2D eigenvalue weighted by Crippen LogP contribution is -2.47. The number of rotatable bonds is 5. The minimum absolute atomic E-state index is 0.0147. The third-order valence-electron chi connectivity index (χ3n) is 3.94. The first kappa shape index (κ1) is 15.0. The molecule has 2 N–H and O–H groups in total. The first-order chi connectivity index (χ1) is 9.63. The molecule has 112 valence electrons. The van der Waals surface area contributed by atoms with Crippen molar-refractivity contribution in [1.29, 1.82) is 0 Å². The Morgan fingerprint density at radius 3 is 2.95 bits per heavy atom. The standard InChI is InChI=1S/C15H26N4O/c1-4-12-9-14(19(5-2)18-12)15(20)16-10-13-8-6-7-11(3)17-13/h9,11,13,17H,4-8,10H2,1-3H3,(H,16,20). The zero-order valence-electron chi connectivity index (χ0n) is 12.8. The van der Waals surface area contributed by atoms with Crippen LogP contribution in [0, 0.1) is 0 Å². The Hall–Kier alpha value is -1.36. The average molecular weight is 278 g/mol. The molecule has 0 aromatic carbocycles. The van der Waals surface area contributed by atoms with Crippen LogP contribution in [0.1, 0.15) is 56.2 Å². The third kappa shape index (κ3) is 3.60. The Kier molecular flexibility index (Phi) is 5.17. The molecule has 0 radical (unpaired) electrons. The zero-order chi connectivity index (χ0) is 14.5. The van der Waals surface area contributed by atoms with Gasteiger partial charge in [0.1, 0.15) is 5.69 Å². The molecule has 5 heteroatoms. The molecule has 0 aliphatic carbocycles. The van der Waals surface area contributed by atoms with Crippen molar-refractivity contribution in [3.8, 4) is 0 Å². The van der Waals surface area contributed by atoms with E-state index in [1.165, 1.54) is 12.8 Å². The molecular weight excluding hydrogens is 252 g/mol. The molecule has 1 amide bonds. The van der Waals surface area contributed by atoms with E-state index >= 15 is 0 Å². The molecule has 20 heavy (non-hydrogen) atoms. The number of amides is 1. The normalized spacial score (nSPS) is 22.8. The van der Waals surface area contributed by atoms with Crippen LogP contribution in [0.15, 0.2) is 6.07 Å². The first-order valence-corrected chi connectivity index (χ1v) is 7.75. The maximum Gasteiger partial charge on any atom is 0.269 e. The van der Waals surface area contributed by atoms with Crippen molar-refractivity contribution in [2.24, 2.45) is 0 Å². The number of hydrogen-bond donors (Lipinski definition) is 2. The van der Waals surface area contributed by atoms with E-state index in [1.54, 1.807) is 4.68 Å². The lowest BCUT2D eigenvalue weighted by Gasteiger charge is -2.28. The Labute approximate surface area is 121 Å². The molecule has 1 fully saturated rings. The topological polar surface area (TPSA) is 59.0 Å². The minimum atomic E-state index is -0.0147. The quantitative estimate of drug-likeness (QED) is 0.862. The Morgan fingerprint density at radius 1 is 1.50 bits per heavy atom. The van der Waals surface area contributed by atoms with Crippen LogP contribution in [0.25, 0.3) is 0 Å². The molecule has 2 rings (SSSR count). The second-order valence-electron chi connectivity index (χ2n) is 5.60. The number of hydrogen-bond acceptors (Lipinski definition) is 3.